The molecule has 0 radical (unpaired) electrons. The number of nitrogens with one attached hydrogen (secondary N) is 16. The Morgan fingerprint density at radius 1 is 0.745 bits per heavy atom. The number of carbonyl (C=O) groups excluding carboxylic acids is 13. The number of carbonyl (C=O) groups is 15. The first-order chi connectivity index (χ1) is 52.3. The van der Waals surface area contributed by atoms with Gasteiger partial charge in [-0.2, -0.15) is 4.98 Å². The molecule has 0 saturated heterocycles. The second-order valence-corrected chi connectivity index (χ2v) is 25.3. The molecule has 1 aliphatic heterocycles. The Labute approximate surface area is 624 Å². The first kappa shape index (κ1) is 86.2. The average molecular weight is 1540 g/mol. The van der Waals surface area contributed by atoms with Gasteiger partial charge in [-0.1, -0.05) is 5.21 Å². The van der Waals surface area contributed by atoms with E-state index in [-0.39, 0.29) is 98.8 Å². The fraction of sp³-hybridized carbons (Fsp3) is 0.500. The molecule has 24 N–H and O–H groups in total. The van der Waals surface area contributed by atoms with E-state index < -0.39 is 200 Å². The first-order valence-corrected chi connectivity index (χ1v) is 34.4. The normalized spacial score (nSPS) is 19.2. The minimum absolute atomic E-state index is 0.0169. The highest BCUT2D eigenvalue weighted by Gasteiger charge is 2.35. The van der Waals surface area contributed by atoms with E-state index in [9.17, 15) is 97.1 Å². The van der Waals surface area contributed by atoms with Crippen LogP contribution in [0.1, 0.15) is 107 Å². The molecule has 46 nitrogen and oxygen atoms in total. The summed E-state index contributed by atoms with van der Waals surface area (Å²) >= 11 is 0. The van der Waals surface area contributed by atoms with E-state index >= 15 is 0 Å². The number of unbranched alkanes of at least 4 members (excludes halogenated alkanes) is 1. The number of H-pyrrole nitrogens is 2. The van der Waals surface area contributed by atoms with Crippen molar-refractivity contribution < 1.29 is 97.2 Å². The Bertz CT molecular complexity index is 4160. The number of aromatic amines is 2. The summed E-state index contributed by atoms with van der Waals surface area (Å²) in [5, 5.41) is 83.0. The number of fused-ring (bicyclic) bond motifs is 3. The number of nitrogens with zero attached hydrogens (tertiary/aromatic N) is 7. The van der Waals surface area contributed by atoms with Crippen LogP contribution in [0.2, 0.25) is 0 Å². The zero-order chi connectivity index (χ0) is 80.7. The molecule has 11 atom stereocenters. The minimum Gasteiger partial charge on any atom is -0.480 e. The quantitative estimate of drug-likeness (QED) is 0.0150. The monoisotopic (exact) mass is 1540 g/mol. The van der Waals surface area contributed by atoms with Gasteiger partial charge in [-0.05, 0) is 96.9 Å². The second kappa shape index (κ2) is 42.6. The number of aromatic nitrogens is 9. The largest absolute Gasteiger partial charge is 0.480 e. The van der Waals surface area contributed by atoms with Gasteiger partial charge in [0, 0.05) is 61.7 Å². The molecule has 0 fully saturated rings. The van der Waals surface area contributed by atoms with E-state index in [0.717, 1.165) is 6.92 Å². The topological polar surface area (TPSA) is 698 Å². The van der Waals surface area contributed by atoms with Crippen LogP contribution in [0.5, 0.6) is 0 Å². The summed E-state index contributed by atoms with van der Waals surface area (Å²) in [6, 6.07) is -9.87. The number of aliphatic carboxylic acids is 2. The predicted octanol–water partition coefficient (Wildman–Crippen LogP) is -8.86. The van der Waals surface area contributed by atoms with Gasteiger partial charge in [-0.15, -0.1) is 5.10 Å². The molecule has 5 aromatic rings. The van der Waals surface area contributed by atoms with Gasteiger partial charge in [-0.3, -0.25) is 81.6 Å². The number of carboxylic acids is 2. The number of aryl methyl sites for hydroxylation is 1. The second-order valence-electron chi connectivity index (χ2n) is 25.3. The van der Waals surface area contributed by atoms with Crippen molar-refractivity contribution in [2.75, 3.05) is 43.9 Å². The molecule has 13 amide bonds. The Morgan fingerprint density at radius 2 is 1.45 bits per heavy atom. The van der Waals surface area contributed by atoms with Crippen molar-refractivity contribution in [3.8, 4) is 0 Å². The SMILES string of the molecule is C[C@H](NC(=O)CNC(=O)[C@H](C)NC(=O)[C@@H]1CCCCn2cc(nn2)C[C@H](NC(=O)CC[C@H](NC(=O)c2ccc(NCc3cnc4nc(N)[nH]c(=O)c4n3)cc2)C(=O)O)C(=O)N[C@H](Cc2cnc[nH]2)C(=O)N[C@H](CO)C(=O)NCC(=O)N[C@H]([C@H](C)O)C(=O)N[C@H](C)C(=O)N1)C(=O)N[C@@H](CCCCNC(=O)CON)C(=O)O. The number of carboxylic acid groups (broad SMARTS) is 2. The fourth-order valence-electron chi connectivity index (χ4n) is 10.5. The lowest BCUT2D eigenvalue weighted by Gasteiger charge is -2.25. The van der Waals surface area contributed by atoms with E-state index in [1.165, 1.54) is 74.6 Å². The third-order valence-corrected chi connectivity index (χ3v) is 16.5. The number of aliphatic hydroxyl groups excluding tert-OH is 2. The Balaban J connectivity index is 1.15. The van der Waals surface area contributed by atoms with Crippen LogP contribution in [-0.4, -0.2) is 253 Å². The van der Waals surface area contributed by atoms with Crippen molar-refractivity contribution in [3.63, 3.8) is 0 Å². The van der Waals surface area contributed by atoms with E-state index in [4.69, 9.17) is 11.6 Å². The molecular weight excluding hydrogens is 1450 g/mol. The van der Waals surface area contributed by atoms with Gasteiger partial charge < -0.3 is 106 Å². The Kier molecular flexibility index (Phi) is 33.4. The van der Waals surface area contributed by atoms with Crippen molar-refractivity contribution in [2.45, 2.75) is 172 Å². The maximum absolute atomic E-state index is 14.6. The summed E-state index contributed by atoms with van der Waals surface area (Å²) in [6.07, 6.45) is 2.34. The van der Waals surface area contributed by atoms with Gasteiger partial charge in [0.1, 0.15) is 67.0 Å². The molecule has 0 spiro atoms. The van der Waals surface area contributed by atoms with Crippen molar-refractivity contribution in [1.82, 2.24) is 114 Å². The first-order valence-electron chi connectivity index (χ1n) is 34.4. The number of nitrogen functional groups attached to an aromatic ring is 1. The number of amides is 13. The van der Waals surface area contributed by atoms with E-state index in [1.54, 1.807) is 0 Å². The maximum atomic E-state index is 14.6. The third kappa shape index (κ3) is 27.9. The number of hydrogen-bond acceptors (Lipinski definition) is 28. The van der Waals surface area contributed by atoms with Gasteiger partial charge in [0.25, 0.3) is 11.5 Å². The molecule has 1 aliphatic rings. The number of rotatable bonds is 30. The minimum atomic E-state index is -1.82. The molecule has 5 heterocycles. The highest BCUT2D eigenvalue weighted by Crippen LogP contribution is 2.15. The number of nitrogens with two attached hydrogens (primary N) is 2. The zero-order valence-electron chi connectivity index (χ0n) is 60.0. The van der Waals surface area contributed by atoms with Crippen LogP contribution in [0.25, 0.3) is 11.2 Å². The molecule has 46 heteroatoms. The van der Waals surface area contributed by atoms with Crippen molar-refractivity contribution >= 4 is 112 Å². The lowest BCUT2D eigenvalue weighted by Crippen LogP contribution is -2.60. The predicted molar refractivity (Wildman–Crippen MR) is 378 cm³/mol. The average Bonchev–Trinajstić information content (AvgIpc) is 1.04. The Morgan fingerprint density at radius 3 is 2.14 bits per heavy atom. The summed E-state index contributed by atoms with van der Waals surface area (Å²) in [5.74, 6) is -10.6. The van der Waals surface area contributed by atoms with Gasteiger partial charge >= 0.3 is 11.9 Å². The molecule has 596 valence electrons. The summed E-state index contributed by atoms with van der Waals surface area (Å²) < 4.78 is 1.32. The fourth-order valence-corrected chi connectivity index (χ4v) is 10.5. The third-order valence-electron chi connectivity index (χ3n) is 16.5. The lowest BCUT2D eigenvalue weighted by atomic mass is 10.1. The zero-order valence-corrected chi connectivity index (χ0v) is 60.0. The smallest absolute Gasteiger partial charge is 0.326 e. The van der Waals surface area contributed by atoms with Crippen LogP contribution in [0, 0.1) is 0 Å². The van der Waals surface area contributed by atoms with Gasteiger partial charge in [-0.25, -0.2) is 30.4 Å². The summed E-state index contributed by atoms with van der Waals surface area (Å²) in [7, 11) is 0. The van der Waals surface area contributed by atoms with E-state index in [2.05, 4.69) is 119 Å². The molecule has 110 heavy (non-hydrogen) atoms. The number of imidazole rings is 1. The van der Waals surface area contributed by atoms with Gasteiger partial charge in [0.15, 0.2) is 11.2 Å². The maximum Gasteiger partial charge on any atom is 0.326 e. The number of hydrogen-bond donors (Lipinski definition) is 22. The molecule has 2 bridgehead atoms. The van der Waals surface area contributed by atoms with Crippen LogP contribution in [-0.2, 0) is 97.9 Å². The molecule has 1 aromatic carbocycles. The van der Waals surface area contributed by atoms with Crippen LogP contribution >= 0.6 is 0 Å². The summed E-state index contributed by atoms with van der Waals surface area (Å²) in [6.45, 7) is 1.94. The number of benzene rings is 1. The molecular formula is C64H89N25O21. The van der Waals surface area contributed by atoms with Gasteiger partial charge in [0.05, 0.1) is 56.3 Å². The van der Waals surface area contributed by atoms with Crippen LogP contribution < -0.4 is 91.6 Å². The number of aliphatic hydroxyl groups is 2. The van der Waals surface area contributed by atoms with E-state index in [1.807, 2.05) is 0 Å². The molecule has 4 aromatic heterocycles. The van der Waals surface area contributed by atoms with Crippen molar-refractivity contribution in [2.24, 2.45) is 5.90 Å². The standard InChI is InChI=1S/C64H89N25O21/c1-30(52(96)71-24-46(93)74-31(2)53(97)80-40(62(106)107)10-5-7-17-68-48(95)28-110-66)75-57(101)39-9-6-8-18-89-26-37(87-88-89)20-42(78-45(92)16-15-41(63(108)109)81-55(99)34-11-13-35(14-12-34)69-22-38-23-70-51-50(77-38)61(105)86-64(65)85-51)58(102)82-43(19-36-21-67-29-73-36)59(103)83-44(27-90)56(100)72-25-47(94)84-49(33(4)91)60(104)76-32(3)54(98)79-39/h11-14,21,23,26,29-33,39-44,49,69,90-91H,5-10,15-20,22,24-25,27-28,66H2,1-4H3,(H,67,73)(H,68,95)(H,71,96)(H,72,100)(H,74,93)(H,75,101)(H,76,104)(H,78,92)(H,79,98)(H,80,97)(H,81,99)(H,82,102)(H,83,103)(H,84,94)(H,106,107)(H,108,109)(H3,65,70,85,86,105)/t30-,31-,32+,33-,39-,40-,41-,42-,43+,44+,49+/m0/s1. The molecule has 0 saturated carbocycles. The van der Waals surface area contributed by atoms with Crippen molar-refractivity contribution in [1.29, 1.82) is 0 Å². The lowest BCUT2D eigenvalue weighted by molar-refractivity contribution is -0.142. The van der Waals surface area contributed by atoms with Gasteiger partial charge in [0.2, 0.25) is 76.8 Å². The van der Waals surface area contributed by atoms with Crippen LogP contribution in [0.4, 0.5) is 11.6 Å². The highest BCUT2D eigenvalue weighted by molar-refractivity contribution is 5.99. The van der Waals surface area contributed by atoms with Crippen LogP contribution in [0.3, 0.4) is 0 Å². The van der Waals surface area contributed by atoms with Crippen LogP contribution in [0.15, 0.2) is 54.0 Å². The molecule has 6 rings (SSSR count). The highest BCUT2D eigenvalue weighted by atomic mass is 16.6. The molecule has 0 unspecified atom stereocenters. The number of anilines is 2. The summed E-state index contributed by atoms with van der Waals surface area (Å²) in [5.41, 5.74) is 6.15. The summed E-state index contributed by atoms with van der Waals surface area (Å²) in [4.78, 5) is 237. The van der Waals surface area contributed by atoms with E-state index in [0.29, 0.717) is 17.8 Å². The Hall–Kier alpha value is -12.7. The van der Waals surface area contributed by atoms with Crippen molar-refractivity contribution in [3.05, 3.63) is 82.2 Å². The molecule has 0 aliphatic carbocycles.